The number of rotatable bonds is 8. The Morgan fingerprint density at radius 1 is 1.26 bits per heavy atom. The Kier molecular flexibility index (Phi) is 6.97. The van der Waals surface area contributed by atoms with Crippen molar-refractivity contribution in [3.63, 3.8) is 0 Å². The maximum atomic E-state index is 5.47. The van der Waals surface area contributed by atoms with E-state index in [0.29, 0.717) is 25.6 Å². The van der Waals surface area contributed by atoms with E-state index in [1.54, 1.807) is 12.5 Å². The zero-order valence-corrected chi connectivity index (χ0v) is 13.7. The number of furan rings is 1. The molecule has 0 amide bonds. The number of nitrogens with one attached hydrogen (secondary N) is 2. The van der Waals surface area contributed by atoms with Crippen molar-refractivity contribution < 1.29 is 9.15 Å². The average Bonchev–Trinajstić information content (AvgIpc) is 3.10. The van der Waals surface area contributed by atoms with Gasteiger partial charge in [-0.25, -0.2) is 9.98 Å². The predicted molar refractivity (Wildman–Crippen MR) is 90.4 cm³/mol. The summed E-state index contributed by atoms with van der Waals surface area (Å²) in [7, 11) is 0. The fourth-order valence-electron chi connectivity index (χ4n) is 1.89. The normalized spacial score (nSPS) is 11.3. The lowest BCUT2D eigenvalue weighted by molar-refractivity contribution is 0.305. The van der Waals surface area contributed by atoms with Crippen LogP contribution >= 0.6 is 0 Å². The highest BCUT2D eigenvalue weighted by molar-refractivity contribution is 5.79. The van der Waals surface area contributed by atoms with Gasteiger partial charge in [0.05, 0.1) is 26.0 Å². The van der Waals surface area contributed by atoms with E-state index in [4.69, 9.17) is 9.15 Å². The van der Waals surface area contributed by atoms with Crippen LogP contribution in [-0.4, -0.2) is 24.1 Å². The van der Waals surface area contributed by atoms with Crippen LogP contribution in [-0.2, 0) is 13.1 Å². The summed E-state index contributed by atoms with van der Waals surface area (Å²) in [5, 5.41) is 6.44. The number of hydrogen-bond donors (Lipinski definition) is 2. The Bertz CT molecular complexity index is 579. The second kappa shape index (κ2) is 9.50. The van der Waals surface area contributed by atoms with E-state index in [0.717, 1.165) is 30.2 Å². The zero-order valence-electron chi connectivity index (χ0n) is 13.7. The summed E-state index contributed by atoms with van der Waals surface area (Å²) in [4.78, 5) is 8.83. The van der Waals surface area contributed by atoms with E-state index in [2.05, 4.69) is 27.5 Å². The van der Waals surface area contributed by atoms with Crippen LogP contribution < -0.4 is 15.4 Å². The second-order valence-corrected chi connectivity index (χ2v) is 4.98. The molecule has 2 N–H and O–H groups in total. The van der Waals surface area contributed by atoms with Gasteiger partial charge in [-0.1, -0.05) is 13.0 Å². The molecule has 2 aromatic rings. The number of ether oxygens (including phenoxy) is 1. The Balaban J connectivity index is 1.88. The molecule has 0 saturated carbocycles. The highest BCUT2D eigenvalue weighted by atomic mass is 16.5. The summed E-state index contributed by atoms with van der Waals surface area (Å²) < 4.78 is 10.8. The summed E-state index contributed by atoms with van der Waals surface area (Å²) in [6.07, 6.45) is 4.43. The van der Waals surface area contributed by atoms with Crippen LogP contribution in [0.15, 0.2) is 46.1 Å². The van der Waals surface area contributed by atoms with E-state index >= 15 is 0 Å². The van der Waals surface area contributed by atoms with Crippen LogP contribution in [0.3, 0.4) is 0 Å². The van der Waals surface area contributed by atoms with Gasteiger partial charge < -0.3 is 19.8 Å². The van der Waals surface area contributed by atoms with Gasteiger partial charge in [-0.05, 0) is 31.0 Å². The number of nitrogens with zero attached hydrogens (tertiary/aromatic N) is 2. The average molecular weight is 316 g/mol. The largest absolute Gasteiger partial charge is 0.478 e. The van der Waals surface area contributed by atoms with Crippen LogP contribution in [0.5, 0.6) is 5.88 Å². The topological polar surface area (TPSA) is 71.7 Å². The molecule has 0 fully saturated rings. The van der Waals surface area contributed by atoms with Crippen molar-refractivity contribution in [1.82, 2.24) is 15.6 Å². The molecule has 0 aliphatic heterocycles. The first kappa shape index (κ1) is 16.9. The van der Waals surface area contributed by atoms with Crippen LogP contribution in [0, 0.1) is 0 Å². The van der Waals surface area contributed by atoms with Crippen LogP contribution in [0.4, 0.5) is 0 Å². The molecule has 0 saturated heterocycles. The zero-order chi connectivity index (χ0) is 16.3. The fourth-order valence-corrected chi connectivity index (χ4v) is 1.89. The molecule has 124 valence electrons. The Morgan fingerprint density at radius 2 is 2.17 bits per heavy atom. The minimum absolute atomic E-state index is 0.550. The highest BCUT2D eigenvalue weighted by Crippen LogP contribution is 2.08. The molecule has 0 aliphatic rings. The van der Waals surface area contributed by atoms with E-state index in [-0.39, 0.29) is 0 Å². The van der Waals surface area contributed by atoms with E-state index in [9.17, 15) is 0 Å². The van der Waals surface area contributed by atoms with Gasteiger partial charge in [0, 0.05) is 18.8 Å². The number of guanidine groups is 1. The molecule has 0 atom stereocenters. The third kappa shape index (κ3) is 6.02. The molecule has 0 unspecified atom stereocenters. The molecule has 0 spiro atoms. The van der Waals surface area contributed by atoms with Gasteiger partial charge in [0.25, 0.3) is 0 Å². The van der Waals surface area contributed by atoms with Gasteiger partial charge in [-0.15, -0.1) is 0 Å². The second-order valence-electron chi connectivity index (χ2n) is 4.98. The molecule has 23 heavy (non-hydrogen) atoms. The van der Waals surface area contributed by atoms with Crippen molar-refractivity contribution in [3.05, 3.63) is 48.0 Å². The Morgan fingerprint density at radius 3 is 2.83 bits per heavy atom. The molecule has 0 bridgehead atoms. The maximum Gasteiger partial charge on any atom is 0.213 e. The lowest BCUT2D eigenvalue weighted by Gasteiger charge is -2.10. The lowest BCUT2D eigenvalue weighted by Crippen LogP contribution is -2.36. The van der Waals surface area contributed by atoms with Crippen molar-refractivity contribution in [2.45, 2.75) is 33.4 Å². The van der Waals surface area contributed by atoms with Gasteiger partial charge in [-0.3, -0.25) is 0 Å². The van der Waals surface area contributed by atoms with E-state index in [1.165, 1.54) is 0 Å². The number of aliphatic imine (C=N–C) groups is 1. The quantitative estimate of drug-likeness (QED) is 0.579. The van der Waals surface area contributed by atoms with Crippen molar-refractivity contribution in [2.75, 3.05) is 13.2 Å². The number of aromatic nitrogens is 1. The fraction of sp³-hybridized carbons (Fsp3) is 0.412. The third-order valence-corrected chi connectivity index (χ3v) is 3.03. The summed E-state index contributed by atoms with van der Waals surface area (Å²) in [5.41, 5.74) is 1.03. The molecule has 6 nitrogen and oxygen atoms in total. The molecule has 2 heterocycles. The molecule has 6 heteroatoms. The first-order valence-corrected chi connectivity index (χ1v) is 7.94. The number of pyridine rings is 1. The minimum atomic E-state index is 0.550. The molecule has 0 radical (unpaired) electrons. The van der Waals surface area contributed by atoms with Gasteiger partial charge in [-0.2, -0.15) is 0 Å². The maximum absolute atomic E-state index is 5.47. The summed E-state index contributed by atoms with van der Waals surface area (Å²) >= 11 is 0. The number of hydrogen-bond acceptors (Lipinski definition) is 4. The van der Waals surface area contributed by atoms with E-state index in [1.807, 2.05) is 31.2 Å². The summed E-state index contributed by atoms with van der Waals surface area (Å²) in [6.45, 7) is 6.74. The van der Waals surface area contributed by atoms with Gasteiger partial charge in [0.1, 0.15) is 5.76 Å². The van der Waals surface area contributed by atoms with Crippen molar-refractivity contribution in [1.29, 1.82) is 0 Å². The minimum Gasteiger partial charge on any atom is -0.478 e. The Hall–Kier alpha value is -2.50. The van der Waals surface area contributed by atoms with Crippen molar-refractivity contribution in [2.24, 2.45) is 4.99 Å². The first-order chi connectivity index (χ1) is 11.3. The monoisotopic (exact) mass is 316 g/mol. The predicted octanol–water partition coefficient (Wildman–Crippen LogP) is 2.72. The smallest absolute Gasteiger partial charge is 0.213 e. The van der Waals surface area contributed by atoms with Crippen LogP contribution in [0.25, 0.3) is 0 Å². The molecule has 2 rings (SSSR count). The SMILES string of the molecule is CCCOc1ccc(CN=C(NCC)NCc2ccco2)cn1. The first-order valence-electron chi connectivity index (χ1n) is 7.94. The third-order valence-electron chi connectivity index (χ3n) is 3.03. The van der Waals surface area contributed by atoms with Crippen LogP contribution in [0.1, 0.15) is 31.6 Å². The van der Waals surface area contributed by atoms with Crippen molar-refractivity contribution >= 4 is 5.96 Å². The molecule has 0 aliphatic carbocycles. The van der Waals surface area contributed by atoms with Gasteiger partial charge in [0.15, 0.2) is 5.96 Å². The summed E-state index contributed by atoms with van der Waals surface area (Å²) in [6, 6.07) is 7.66. The van der Waals surface area contributed by atoms with E-state index < -0.39 is 0 Å². The molecule has 2 aromatic heterocycles. The van der Waals surface area contributed by atoms with Gasteiger partial charge in [0.2, 0.25) is 5.88 Å². The highest BCUT2D eigenvalue weighted by Gasteiger charge is 2.01. The summed E-state index contributed by atoms with van der Waals surface area (Å²) in [5.74, 6) is 2.27. The lowest BCUT2D eigenvalue weighted by atomic mass is 10.3. The molecular weight excluding hydrogens is 292 g/mol. The van der Waals surface area contributed by atoms with Crippen molar-refractivity contribution in [3.8, 4) is 5.88 Å². The standard InChI is InChI=1S/C17H24N4O2/c1-3-9-23-16-8-7-14(11-19-16)12-20-17(18-4-2)21-13-15-6-5-10-22-15/h5-8,10-11H,3-4,9,12-13H2,1-2H3,(H2,18,20,21). The molecule has 0 aromatic carbocycles. The van der Waals surface area contributed by atoms with Gasteiger partial charge >= 0.3 is 0 Å². The van der Waals surface area contributed by atoms with Crippen LogP contribution in [0.2, 0.25) is 0 Å². The molecular formula is C17H24N4O2. The Labute approximate surface area is 137 Å².